The molecule has 0 aromatic carbocycles. The zero-order valence-corrected chi connectivity index (χ0v) is 12.6. The van der Waals surface area contributed by atoms with E-state index in [-0.39, 0.29) is 0 Å². The Labute approximate surface area is 115 Å². The Hall–Kier alpha value is -0.450. The standard InChI is InChI=1S/C14H25N3S/c1-4-11(2)14-9-17(8-6-15-14)7-5-13-10-18-12(3)16-13/h10-11,14-15H,4-9H2,1-3H3. The van der Waals surface area contributed by atoms with Gasteiger partial charge in [-0.1, -0.05) is 20.3 Å². The summed E-state index contributed by atoms with van der Waals surface area (Å²) in [6, 6.07) is 0.668. The van der Waals surface area contributed by atoms with Gasteiger partial charge in [-0.05, 0) is 12.8 Å². The molecule has 1 saturated heterocycles. The lowest BCUT2D eigenvalue weighted by molar-refractivity contribution is 0.170. The second kappa shape index (κ2) is 6.64. The SMILES string of the molecule is CCC(C)C1CN(CCc2csc(C)n2)CCN1. The lowest BCUT2D eigenvalue weighted by atomic mass is 9.97. The van der Waals surface area contributed by atoms with Crippen LogP contribution in [0.15, 0.2) is 5.38 Å². The molecule has 0 saturated carbocycles. The molecule has 0 bridgehead atoms. The molecule has 2 heterocycles. The van der Waals surface area contributed by atoms with Crippen LogP contribution in [0.4, 0.5) is 0 Å². The molecule has 1 N–H and O–H groups in total. The Morgan fingerprint density at radius 2 is 2.44 bits per heavy atom. The zero-order chi connectivity index (χ0) is 13.0. The maximum atomic E-state index is 4.54. The van der Waals surface area contributed by atoms with Crippen molar-refractivity contribution in [1.29, 1.82) is 0 Å². The van der Waals surface area contributed by atoms with Gasteiger partial charge < -0.3 is 10.2 Å². The topological polar surface area (TPSA) is 28.2 Å². The van der Waals surface area contributed by atoms with E-state index in [0.717, 1.165) is 25.4 Å². The summed E-state index contributed by atoms with van der Waals surface area (Å²) < 4.78 is 0. The van der Waals surface area contributed by atoms with Gasteiger partial charge in [-0.2, -0.15) is 0 Å². The van der Waals surface area contributed by atoms with Crippen LogP contribution in [0.3, 0.4) is 0 Å². The second-order valence-corrected chi connectivity index (χ2v) is 6.42. The highest BCUT2D eigenvalue weighted by atomic mass is 32.1. The van der Waals surface area contributed by atoms with E-state index in [1.54, 1.807) is 11.3 Å². The smallest absolute Gasteiger partial charge is 0.0897 e. The van der Waals surface area contributed by atoms with Crippen molar-refractivity contribution >= 4 is 11.3 Å². The van der Waals surface area contributed by atoms with E-state index in [2.05, 4.69) is 41.4 Å². The molecule has 3 nitrogen and oxygen atoms in total. The summed E-state index contributed by atoms with van der Waals surface area (Å²) in [6.45, 7) is 11.4. The first-order chi connectivity index (χ1) is 8.69. The maximum Gasteiger partial charge on any atom is 0.0897 e. The van der Waals surface area contributed by atoms with Crippen molar-refractivity contribution in [2.24, 2.45) is 5.92 Å². The lowest BCUT2D eigenvalue weighted by Crippen LogP contribution is -2.53. The summed E-state index contributed by atoms with van der Waals surface area (Å²) >= 11 is 1.76. The van der Waals surface area contributed by atoms with Crippen LogP contribution in [0.25, 0.3) is 0 Å². The van der Waals surface area contributed by atoms with Crippen LogP contribution >= 0.6 is 11.3 Å². The van der Waals surface area contributed by atoms with E-state index in [4.69, 9.17) is 0 Å². The van der Waals surface area contributed by atoms with Crippen molar-refractivity contribution in [2.75, 3.05) is 26.2 Å². The van der Waals surface area contributed by atoms with Crippen molar-refractivity contribution in [2.45, 2.75) is 39.7 Å². The highest BCUT2D eigenvalue weighted by molar-refractivity contribution is 7.09. The molecule has 1 aliphatic heterocycles. The summed E-state index contributed by atoms with van der Waals surface area (Å²) in [6.07, 6.45) is 2.36. The minimum Gasteiger partial charge on any atom is -0.311 e. The third-order valence-corrected chi connectivity index (χ3v) is 4.79. The number of nitrogens with one attached hydrogen (secondary N) is 1. The highest BCUT2D eigenvalue weighted by Gasteiger charge is 2.22. The number of rotatable bonds is 5. The molecule has 4 heteroatoms. The molecule has 1 aromatic heterocycles. The first-order valence-corrected chi connectivity index (χ1v) is 7.93. The minimum absolute atomic E-state index is 0.668. The number of hydrogen-bond acceptors (Lipinski definition) is 4. The average Bonchev–Trinajstić information content (AvgIpc) is 2.81. The molecule has 0 radical (unpaired) electrons. The molecule has 1 fully saturated rings. The van der Waals surface area contributed by atoms with Crippen molar-refractivity contribution < 1.29 is 0 Å². The van der Waals surface area contributed by atoms with Gasteiger partial charge >= 0.3 is 0 Å². The van der Waals surface area contributed by atoms with Crippen LogP contribution < -0.4 is 5.32 Å². The van der Waals surface area contributed by atoms with Gasteiger partial charge in [-0.25, -0.2) is 4.98 Å². The first kappa shape index (κ1) is 14.0. The number of thiazole rings is 1. The van der Waals surface area contributed by atoms with Crippen LogP contribution in [-0.4, -0.2) is 42.1 Å². The normalized spacial score (nSPS) is 23.2. The molecule has 0 amide bonds. The number of piperazine rings is 1. The van der Waals surface area contributed by atoms with Crippen LogP contribution in [0.2, 0.25) is 0 Å². The van der Waals surface area contributed by atoms with Crippen molar-refractivity contribution in [3.63, 3.8) is 0 Å². The predicted octanol–water partition coefficient (Wildman–Crippen LogP) is 2.31. The molecular weight excluding hydrogens is 242 g/mol. The van der Waals surface area contributed by atoms with Crippen LogP contribution in [0.5, 0.6) is 0 Å². The zero-order valence-electron chi connectivity index (χ0n) is 11.8. The molecule has 102 valence electrons. The van der Waals surface area contributed by atoms with Crippen LogP contribution in [-0.2, 0) is 6.42 Å². The summed E-state index contributed by atoms with van der Waals surface area (Å²) in [4.78, 5) is 7.13. The average molecular weight is 267 g/mol. The number of hydrogen-bond donors (Lipinski definition) is 1. The molecule has 1 aliphatic rings. The summed E-state index contributed by atoms with van der Waals surface area (Å²) in [7, 11) is 0. The second-order valence-electron chi connectivity index (χ2n) is 5.35. The van der Waals surface area contributed by atoms with E-state index in [1.807, 2.05) is 0 Å². The highest BCUT2D eigenvalue weighted by Crippen LogP contribution is 2.13. The van der Waals surface area contributed by atoms with Crippen molar-refractivity contribution in [1.82, 2.24) is 15.2 Å². The van der Waals surface area contributed by atoms with E-state index < -0.39 is 0 Å². The van der Waals surface area contributed by atoms with Gasteiger partial charge in [0, 0.05) is 44.0 Å². The molecule has 2 unspecified atom stereocenters. The van der Waals surface area contributed by atoms with Gasteiger partial charge in [-0.15, -0.1) is 11.3 Å². The minimum atomic E-state index is 0.668. The Morgan fingerprint density at radius 1 is 1.61 bits per heavy atom. The van der Waals surface area contributed by atoms with Gasteiger partial charge in [0.2, 0.25) is 0 Å². The Bertz CT molecular complexity index is 364. The summed E-state index contributed by atoms with van der Waals surface area (Å²) in [5, 5.41) is 7.03. The fourth-order valence-electron chi connectivity index (χ4n) is 2.51. The lowest BCUT2D eigenvalue weighted by Gasteiger charge is -2.36. The van der Waals surface area contributed by atoms with Gasteiger partial charge in [0.1, 0.15) is 0 Å². The summed E-state index contributed by atoms with van der Waals surface area (Å²) in [5.41, 5.74) is 1.26. The molecule has 0 spiro atoms. The molecule has 2 rings (SSSR count). The van der Waals surface area contributed by atoms with Crippen molar-refractivity contribution in [3.05, 3.63) is 16.1 Å². The monoisotopic (exact) mass is 267 g/mol. The summed E-state index contributed by atoms with van der Waals surface area (Å²) in [5.74, 6) is 0.773. The molecule has 1 aromatic rings. The number of nitrogens with zero attached hydrogens (tertiary/aromatic N) is 2. The van der Waals surface area contributed by atoms with E-state index in [0.29, 0.717) is 6.04 Å². The van der Waals surface area contributed by atoms with Gasteiger partial charge in [0.05, 0.1) is 10.7 Å². The quantitative estimate of drug-likeness (QED) is 0.887. The number of aromatic nitrogens is 1. The molecule has 18 heavy (non-hydrogen) atoms. The third kappa shape index (κ3) is 3.77. The third-order valence-electron chi connectivity index (χ3n) is 3.97. The predicted molar refractivity (Wildman–Crippen MR) is 78.2 cm³/mol. The van der Waals surface area contributed by atoms with Gasteiger partial charge in [0.25, 0.3) is 0 Å². The van der Waals surface area contributed by atoms with E-state index >= 15 is 0 Å². The van der Waals surface area contributed by atoms with Crippen molar-refractivity contribution in [3.8, 4) is 0 Å². The van der Waals surface area contributed by atoms with E-state index in [1.165, 1.54) is 30.2 Å². The Kier molecular flexibility index (Phi) is 5.15. The van der Waals surface area contributed by atoms with Crippen LogP contribution in [0, 0.1) is 12.8 Å². The molecular formula is C14H25N3S. The Morgan fingerprint density at radius 3 is 3.11 bits per heavy atom. The molecule has 0 aliphatic carbocycles. The first-order valence-electron chi connectivity index (χ1n) is 7.05. The Balaban J connectivity index is 1.79. The number of aryl methyl sites for hydroxylation is 1. The van der Waals surface area contributed by atoms with Gasteiger partial charge in [-0.3, -0.25) is 0 Å². The molecule has 2 atom stereocenters. The van der Waals surface area contributed by atoms with E-state index in [9.17, 15) is 0 Å². The largest absolute Gasteiger partial charge is 0.311 e. The fraction of sp³-hybridized carbons (Fsp3) is 0.786. The maximum absolute atomic E-state index is 4.54. The van der Waals surface area contributed by atoms with Gasteiger partial charge in [0.15, 0.2) is 0 Å². The van der Waals surface area contributed by atoms with Crippen LogP contribution in [0.1, 0.15) is 31.0 Å². The fourth-order valence-corrected chi connectivity index (χ4v) is 3.15.